The van der Waals surface area contributed by atoms with E-state index in [1.807, 2.05) is 18.2 Å². The van der Waals surface area contributed by atoms with E-state index in [-0.39, 0.29) is 11.3 Å². The van der Waals surface area contributed by atoms with Crippen molar-refractivity contribution < 1.29 is 13.6 Å². The summed E-state index contributed by atoms with van der Waals surface area (Å²) in [5.41, 5.74) is 13.7. The van der Waals surface area contributed by atoms with Crippen LogP contribution in [0, 0.1) is 11.6 Å². The summed E-state index contributed by atoms with van der Waals surface area (Å²) in [7, 11) is 0. The van der Waals surface area contributed by atoms with E-state index in [0.29, 0.717) is 22.5 Å². The maximum atomic E-state index is 14.4. The van der Waals surface area contributed by atoms with Crippen LogP contribution >= 0.6 is 0 Å². The molecule has 3 heterocycles. The fourth-order valence-electron chi connectivity index (χ4n) is 3.47. The number of nitrogens with two attached hydrogens (primary N) is 2. The number of benzene rings is 2. The molecule has 0 saturated heterocycles. The molecule has 7 nitrogen and oxygen atoms in total. The molecule has 5 aromatic rings. The molecule has 30 heavy (non-hydrogen) atoms. The molecule has 0 spiro atoms. The number of aromatic nitrogens is 4. The number of hydrogen-bond donors (Lipinski definition) is 4. The average Bonchev–Trinajstić information content (AvgIpc) is 3.32. The van der Waals surface area contributed by atoms with Crippen molar-refractivity contribution in [2.45, 2.75) is 0 Å². The van der Waals surface area contributed by atoms with Crippen molar-refractivity contribution in [3.8, 4) is 11.1 Å². The number of rotatable bonds is 3. The first-order valence-electron chi connectivity index (χ1n) is 8.93. The average molecular weight is 404 g/mol. The third kappa shape index (κ3) is 2.67. The quantitative estimate of drug-likeness (QED) is 0.269. The van der Waals surface area contributed by atoms with Gasteiger partial charge in [-0.1, -0.05) is 6.07 Å². The van der Waals surface area contributed by atoms with Crippen molar-refractivity contribution in [3.05, 3.63) is 71.6 Å². The number of anilines is 2. The van der Waals surface area contributed by atoms with Crippen LogP contribution in [0.25, 0.3) is 33.2 Å². The Labute approximate surface area is 167 Å². The Bertz CT molecular complexity index is 1470. The number of nitrogens with one attached hydrogen (secondary N) is 2. The fourth-order valence-corrected chi connectivity index (χ4v) is 3.47. The SMILES string of the molecule is Nc1nc2ccc(-c3cnc4[nH]cc(C(=O)c5c(F)ccc(N)c5F)c4c3)cc2[nH]1. The van der Waals surface area contributed by atoms with Crippen molar-refractivity contribution in [1.82, 2.24) is 19.9 Å². The predicted molar refractivity (Wildman–Crippen MR) is 110 cm³/mol. The first kappa shape index (κ1) is 17.8. The van der Waals surface area contributed by atoms with E-state index < -0.39 is 23.0 Å². The number of imidazole rings is 1. The molecule has 0 saturated carbocycles. The Morgan fingerprint density at radius 3 is 2.70 bits per heavy atom. The monoisotopic (exact) mass is 404 g/mol. The first-order valence-corrected chi connectivity index (χ1v) is 8.93. The zero-order valence-electron chi connectivity index (χ0n) is 15.3. The number of hydrogen-bond acceptors (Lipinski definition) is 5. The molecule has 0 atom stereocenters. The van der Waals surface area contributed by atoms with Gasteiger partial charge in [-0.3, -0.25) is 4.79 Å². The number of pyridine rings is 1. The smallest absolute Gasteiger partial charge is 0.201 e. The normalized spacial score (nSPS) is 11.4. The number of nitrogen functional groups attached to an aromatic ring is 2. The fraction of sp³-hybridized carbons (Fsp3) is 0. The summed E-state index contributed by atoms with van der Waals surface area (Å²) in [6.45, 7) is 0. The minimum absolute atomic E-state index is 0.0922. The topological polar surface area (TPSA) is 126 Å². The van der Waals surface area contributed by atoms with Crippen LogP contribution in [0.2, 0.25) is 0 Å². The second-order valence-electron chi connectivity index (χ2n) is 6.83. The van der Waals surface area contributed by atoms with Crippen LogP contribution in [0.5, 0.6) is 0 Å². The summed E-state index contributed by atoms with van der Waals surface area (Å²) < 4.78 is 28.6. The summed E-state index contributed by atoms with van der Waals surface area (Å²) in [4.78, 5) is 27.2. The van der Waals surface area contributed by atoms with E-state index in [1.54, 1.807) is 12.3 Å². The number of ketones is 1. The Kier molecular flexibility index (Phi) is 3.78. The summed E-state index contributed by atoms with van der Waals surface area (Å²) >= 11 is 0. The number of aromatic amines is 2. The van der Waals surface area contributed by atoms with E-state index in [2.05, 4.69) is 19.9 Å². The zero-order chi connectivity index (χ0) is 21.0. The molecule has 5 rings (SSSR count). The van der Waals surface area contributed by atoms with Crippen LogP contribution in [0.3, 0.4) is 0 Å². The van der Waals surface area contributed by atoms with Gasteiger partial charge in [-0.25, -0.2) is 18.7 Å². The van der Waals surface area contributed by atoms with Crippen LogP contribution in [-0.4, -0.2) is 25.7 Å². The molecule has 3 aromatic heterocycles. The van der Waals surface area contributed by atoms with E-state index in [1.165, 1.54) is 6.20 Å². The molecular formula is C21H14F2N6O. The van der Waals surface area contributed by atoms with Gasteiger partial charge in [-0.05, 0) is 35.9 Å². The van der Waals surface area contributed by atoms with Crippen LogP contribution < -0.4 is 11.5 Å². The lowest BCUT2D eigenvalue weighted by Gasteiger charge is -2.06. The van der Waals surface area contributed by atoms with E-state index in [0.717, 1.165) is 28.7 Å². The van der Waals surface area contributed by atoms with Gasteiger partial charge in [-0.2, -0.15) is 0 Å². The van der Waals surface area contributed by atoms with Crippen molar-refractivity contribution in [3.63, 3.8) is 0 Å². The summed E-state index contributed by atoms with van der Waals surface area (Å²) in [5, 5.41) is 0.433. The lowest BCUT2D eigenvalue weighted by Crippen LogP contribution is -2.09. The van der Waals surface area contributed by atoms with Gasteiger partial charge in [0.2, 0.25) is 5.78 Å². The second-order valence-corrected chi connectivity index (χ2v) is 6.83. The van der Waals surface area contributed by atoms with E-state index >= 15 is 0 Å². The van der Waals surface area contributed by atoms with Crippen molar-refractivity contribution in [2.24, 2.45) is 0 Å². The zero-order valence-corrected chi connectivity index (χ0v) is 15.3. The maximum Gasteiger partial charge on any atom is 0.201 e. The highest BCUT2D eigenvalue weighted by Crippen LogP contribution is 2.29. The van der Waals surface area contributed by atoms with Gasteiger partial charge in [0.25, 0.3) is 0 Å². The standard InChI is InChI=1S/C21H14F2N6O/c22-13-2-3-14(24)18(23)17(13)19(30)12-8-27-20-11(12)5-10(7-26-20)9-1-4-15-16(6-9)29-21(25)28-15/h1-8H,24H2,(H,26,27)(H3,25,28,29). The molecule has 6 N–H and O–H groups in total. The van der Waals surface area contributed by atoms with E-state index in [9.17, 15) is 13.6 Å². The van der Waals surface area contributed by atoms with Gasteiger partial charge in [0.15, 0.2) is 11.8 Å². The highest BCUT2D eigenvalue weighted by Gasteiger charge is 2.24. The molecule has 148 valence electrons. The number of halogens is 2. The summed E-state index contributed by atoms with van der Waals surface area (Å²) in [5.74, 6) is -2.58. The second kappa shape index (κ2) is 6.38. The van der Waals surface area contributed by atoms with Crippen molar-refractivity contribution in [2.75, 3.05) is 11.5 Å². The third-order valence-electron chi connectivity index (χ3n) is 4.96. The Balaban J connectivity index is 1.64. The van der Waals surface area contributed by atoms with Crippen molar-refractivity contribution >= 4 is 39.5 Å². The largest absolute Gasteiger partial charge is 0.396 e. The van der Waals surface area contributed by atoms with Gasteiger partial charge in [0.1, 0.15) is 11.5 Å². The predicted octanol–water partition coefficient (Wildman–Crippen LogP) is 3.78. The highest BCUT2D eigenvalue weighted by atomic mass is 19.1. The molecular weight excluding hydrogens is 390 g/mol. The van der Waals surface area contributed by atoms with Gasteiger partial charge in [0, 0.05) is 28.9 Å². The van der Waals surface area contributed by atoms with Crippen molar-refractivity contribution in [1.29, 1.82) is 0 Å². The molecule has 0 bridgehead atoms. The molecule has 0 amide bonds. The summed E-state index contributed by atoms with van der Waals surface area (Å²) in [6.07, 6.45) is 3.01. The lowest BCUT2D eigenvalue weighted by atomic mass is 9.99. The Hall–Kier alpha value is -4.27. The number of carbonyl (C=O) groups excluding carboxylic acids is 1. The number of nitrogens with zero attached hydrogens (tertiary/aromatic N) is 2. The van der Waals surface area contributed by atoms with Gasteiger partial charge in [-0.15, -0.1) is 0 Å². The molecule has 0 fully saturated rings. The molecule has 0 aliphatic carbocycles. The van der Waals surface area contributed by atoms with Gasteiger partial charge in [0.05, 0.1) is 22.3 Å². The van der Waals surface area contributed by atoms with Crippen LogP contribution in [0.15, 0.2) is 48.8 Å². The third-order valence-corrected chi connectivity index (χ3v) is 4.96. The van der Waals surface area contributed by atoms with Crippen LogP contribution in [-0.2, 0) is 0 Å². The van der Waals surface area contributed by atoms with E-state index in [4.69, 9.17) is 11.5 Å². The minimum atomic E-state index is -1.08. The van der Waals surface area contributed by atoms with Crippen LogP contribution in [0.1, 0.15) is 15.9 Å². The molecule has 9 heteroatoms. The minimum Gasteiger partial charge on any atom is -0.396 e. The first-order chi connectivity index (χ1) is 14.4. The Morgan fingerprint density at radius 1 is 1.03 bits per heavy atom. The van der Waals surface area contributed by atoms with Gasteiger partial charge < -0.3 is 21.4 Å². The van der Waals surface area contributed by atoms with Crippen LogP contribution in [0.4, 0.5) is 20.4 Å². The molecule has 2 aromatic carbocycles. The maximum absolute atomic E-state index is 14.4. The molecule has 0 radical (unpaired) electrons. The summed E-state index contributed by atoms with van der Waals surface area (Å²) in [6, 6.07) is 9.28. The molecule has 0 unspecified atom stereocenters. The number of carbonyl (C=O) groups is 1. The molecule has 0 aliphatic rings. The Morgan fingerprint density at radius 2 is 1.87 bits per heavy atom. The highest BCUT2D eigenvalue weighted by molar-refractivity contribution is 6.16. The number of H-pyrrole nitrogens is 2. The lowest BCUT2D eigenvalue weighted by molar-refractivity contribution is 0.103. The number of fused-ring (bicyclic) bond motifs is 2. The van der Waals surface area contributed by atoms with Gasteiger partial charge >= 0.3 is 0 Å². The molecule has 0 aliphatic heterocycles.